The zero-order valence-corrected chi connectivity index (χ0v) is 10.3. The van der Waals surface area contributed by atoms with E-state index in [0.717, 1.165) is 25.7 Å². The first-order valence-corrected chi connectivity index (χ1v) is 7.15. The highest BCUT2D eigenvalue weighted by atomic mass is 16.3. The van der Waals surface area contributed by atoms with Crippen molar-refractivity contribution in [3.8, 4) is 0 Å². The second-order valence-corrected chi connectivity index (χ2v) is 5.78. The Bertz CT molecular complexity index is 171. The minimum Gasteiger partial charge on any atom is -0.390 e. The Morgan fingerprint density at radius 2 is 0.875 bits per heavy atom. The van der Waals surface area contributed by atoms with Gasteiger partial charge in [0.15, 0.2) is 0 Å². The Morgan fingerprint density at radius 1 is 0.562 bits per heavy atom. The van der Waals surface area contributed by atoms with E-state index in [4.69, 9.17) is 0 Å². The molecule has 0 spiro atoms. The molecule has 2 saturated carbocycles. The van der Waals surface area contributed by atoms with Gasteiger partial charge in [-0.15, -0.1) is 0 Å². The van der Waals surface area contributed by atoms with E-state index in [0.29, 0.717) is 11.8 Å². The summed E-state index contributed by atoms with van der Waals surface area (Å²) in [7, 11) is 0. The van der Waals surface area contributed by atoms with Gasteiger partial charge < -0.3 is 10.2 Å². The number of hydrogen-bond acceptors (Lipinski definition) is 2. The van der Waals surface area contributed by atoms with E-state index >= 15 is 0 Å². The summed E-state index contributed by atoms with van der Waals surface area (Å²) >= 11 is 0. The number of rotatable bonds is 3. The third kappa shape index (κ3) is 2.98. The van der Waals surface area contributed by atoms with E-state index in [1.54, 1.807) is 0 Å². The van der Waals surface area contributed by atoms with Crippen molar-refractivity contribution < 1.29 is 10.2 Å². The maximum Gasteiger partial charge on any atom is 0.0829 e. The predicted octanol–water partition coefficient (Wildman–Crippen LogP) is 2.87. The Morgan fingerprint density at radius 3 is 1.19 bits per heavy atom. The van der Waals surface area contributed by atoms with Crippen LogP contribution in [0, 0.1) is 11.8 Å². The van der Waals surface area contributed by atoms with Crippen LogP contribution in [-0.4, -0.2) is 22.4 Å². The van der Waals surface area contributed by atoms with Crippen molar-refractivity contribution in [1.82, 2.24) is 0 Å². The van der Waals surface area contributed by atoms with Gasteiger partial charge in [0.2, 0.25) is 0 Å². The van der Waals surface area contributed by atoms with Crippen LogP contribution in [0.3, 0.4) is 0 Å². The first kappa shape index (κ1) is 12.4. The lowest BCUT2D eigenvalue weighted by molar-refractivity contribution is -0.0623. The van der Waals surface area contributed by atoms with E-state index in [9.17, 15) is 10.2 Å². The summed E-state index contributed by atoms with van der Waals surface area (Å²) in [5.74, 6) is 0.733. The number of hydrogen-bond donors (Lipinski definition) is 2. The topological polar surface area (TPSA) is 40.5 Å². The molecule has 0 heterocycles. The summed E-state index contributed by atoms with van der Waals surface area (Å²) in [6.45, 7) is 0. The molecule has 2 heteroatoms. The van der Waals surface area contributed by atoms with Crippen molar-refractivity contribution in [3.05, 3.63) is 0 Å². The van der Waals surface area contributed by atoms with Gasteiger partial charge in [0.1, 0.15) is 0 Å². The van der Waals surface area contributed by atoms with Gasteiger partial charge in [0, 0.05) is 0 Å². The highest BCUT2D eigenvalue weighted by Gasteiger charge is 2.33. The van der Waals surface area contributed by atoms with E-state index in [1.807, 2.05) is 0 Å². The molecule has 2 unspecified atom stereocenters. The molecular formula is C14H26O2. The van der Waals surface area contributed by atoms with Crippen LogP contribution in [0.25, 0.3) is 0 Å². The quantitative estimate of drug-likeness (QED) is 0.777. The lowest BCUT2D eigenvalue weighted by Crippen LogP contribution is -2.40. The summed E-state index contributed by atoms with van der Waals surface area (Å²) in [6, 6.07) is 0. The smallest absolute Gasteiger partial charge is 0.0829 e. The third-order valence-corrected chi connectivity index (χ3v) is 4.62. The van der Waals surface area contributed by atoms with Gasteiger partial charge >= 0.3 is 0 Å². The van der Waals surface area contributed by atoms with Gasteiger partial charge in [-0.1, -0.05) is 38.5 Å². The maximum atomic E-state index is 10.2. The molecule has 2 aliphatic rings. The molecule has 2 N–H and O–H groups in total. The Balaban J connectivity index is 1.84. The molecule has 94 valence electrons. The van der Waals surface area contributed by atoms with Gasteiger partial charge in [-0.3, -0.25) is 0 Å². The predicted molar refractivity (Wildman–Crippen MR) is 65.2 cm³/mol. The largest absolute Gasteiger partial charge is 0.390 e. The SMILES string of the molecule is OC(C1CCCCC1)C(O)C1CCCCC1. The molecule has 0 bridgehead atoms. The van der Waals surface area contributed by atoms with E-state index in [1.165, 1.54) is 38.5 Å². The molecule has 0 saturated heterocycles. The van der Waals surface area contributed by atoms with Crippen molar-refractivity contribution in [2.75, 3.05) is 0 Å². The van der Waals surface area contributed by atoms with Crippen LogP contribution < -0.4 is 0 Å². The molecular weight excluding hydrogens is 200 g/mol. The average molecular weight is 226 g/mol. The lowest BCUT2D eigenvalue weighted by Gasteiger charge is -2.35. The summed E-state index contributed by atoms with van der Waals surface area (Å²) < 4.78 is 0. The molecule has 0 aromatic heterocycles. The summed E-state index contributed by atoms with van der Waals surface area (Å²) in [5, 5.41) is 20.5. The molecule has 2 aliphatic carbocycles. The summed E-state index contributed by atoms with van der Waals surface area (Å²) in [4.78, 5) is 0. The second-order valence-electron chi connectivity index (χ2n) is 5.78. The minimum atomic E-state index is -0.455. The van der Waals surface area contributed by atoms with Gasteiger partial charge in [-0.2, -0.15) is 0 Å². The summed E-state index contributed by atoms with van der Waals surface area (Å²) in [6.07, 6.45) is 11.1. The van der Waals surface area contributed by atoms with Crippen molar-refractivity contribution in [1.29, 1.82) is 0 Å². The van der Waals surface area contributed by atoms with Gasteiger partial charge in [-0.25, -0.2) is 0 Å². The molecule has 2 rings (SSSR count). The Kier molecular flexibility index (Phi) is 4.66. The standard InChI is InChI=1S/C14H26O2/c15-13(11-7-3-1-4-8-11)14(16)12-9-5-2-6-10-12/h11-16H,1-10H2. The molecule has 0 amide bonds. The minimum absolute atomic E-state index is 0.366. The van der Waals surface area contributed by atoms with Gasteiger partial charge in [0.25, 0.3) is 0 Å². The van der Waals surface area contributed by atoms with Crippen LogP contribution in [0.15, 0.2) is 0 Å². The van der Waals surface area contributed by atoms with Crippen LogP contribution in [0.4, 0.5) is 0 Å². The Hall–Kier alpha value is -0.0800. The van der Waals surface area contributed by atoms with Crippen molar-refractivity contribution >= 4 is 0 Å². The first-order valence-electron chi connectivity index (χ1n) is 7.15. The molecule has 2 atom stereocenters. The molecule has 0 aromatic rings. The van der Waals surface area contributed by atoms with Crippen LogP contribution in [0.5, 0.6) is 0 Å². The molecule has 0 aliphatic heterocycles. The highest BCUT2D eigenvalue weighted by molar-refractivity contribution is 4.84. The van der Waals surface area contributed by atoms with Crippen molar-refractivity contribution in [2.45, 2.75) is 76.4 Å². The van der Waals surface area contributed by atoms with E-state index < -0.39 is 12.2 Å². The normalized spacial score (nSPS) is 28.9. The van der Waals surface area contributed by atoms with Gasteiger partial charge in [0.05, 0.1) is 12.2 Å². The van der Waals surface area contributed by atoms with Crippen molar-refractivity contribution in [2.24, 2.45) is 11.8 Å². The fourth-order valence-corrected chi connectivity index (χ4v) is 3.51. The number of aliphatic hydroxyl groups is 2. The van der Waals surface area contributed by atoms with Crippen LogP contribution >= 0.6 is 0 Å². The second kappa shape index (κ2) is 6.02. The maximum absolute atomic E-state index is 10.2. The van der Waals surface area contributed by atoms with E-state index in [-0.39, 0.29) is 0 Å². The summed E-state index contributed by atoms with van der Waals surface area (Å²) in [5.41, 5.74) is 0. The van der Waals surface area contributed by atoms with Crippen LogP contribution in [0.2, 0.25) is 0 Å². The van der Waals surface area contributed by atoms with Crippen LogP contribution in [-0.2, 0) is 0 Å². The first-order chi connectivity index (χ1) is 7.79. The zero-order chi connectivity index (χ0) is 11.4. The number of aliphatic hydroxyl groups excluding tert-OH is 2. The molecule has 16 heavy (non-hydrogen) atoms. The zero-order valence-electron chi connectivity index (χ0n) is 10.3. The molecule has 2 nitrogen and oxygen atoms in total. The third-order valence-electron chi connectivity index (χ3n) is 4.62. The molecule has 0 aromatic carbocycles. The monoisotopic (exact) mass is 226 g/mol. The Labute approximate surface area is 99.1 Å². The highest BCUT2D eigenvalue weighted by Crippen LogP contribution is 2.33. The molecule has 2 fully saturated rings. The van der Waals surface area contributed by atoms with E-state index in [2.05, 4.69) is 0 Å². The molecule has 0 radical (unpaired) electrons. The average Bonchev–Trinajstić information content (AvgIpc) is 2.39. The van der Waals surface area contributed by atoms with Gasteiger partial charge in [-0.05, 0) is 37.5 Å². The van der Waals surface area contributed by atoms with Crippen LogP contribution in [0.1, 0.15) is 64.2 Å². The lowest BCUT2D eigenvalue weighted by atomic mass is 9.77. The van der Waals surface area contributed by atoms with Crippen molar-refractivity contribution in [3.63, 3.8) is 0 Å². The fraction of sp³-hybridized carbons (Fsp3) is 1.00. The fourth-order valence-electron chi connectivity index (χ4n) is 3.51.